The van der Waals surface area contributed by atoms with Gasteiger partial charge in [-0.25, -0.2) is 0 Å². The average Bonchev–Trinajstić information content (AvgIpc) is 2.72. The summed E-state index contributed by atoms with van der Waals surface area (Å²) in [7, 11) is 1.74. The normalized spacial score (nSPS) is 16.9. The molecule has 0 aliphatic carbocycles. The standard InChI is InChI=1S/C22H28N4O3/c1-3-29-20-10-5-4-8-17(20)15-26-13-12-24-22(28)19(26)14-21(27)25(2)16-18-9-6-7-11-23-18/h4-11,19H,3,12-16H2,1-2H3,(H,24,28)/t19-/m0/s1. The Balaban J connectivity index is 1.68. The number of benzene rings is 1. The van der Waals surface area contributed by atoms with Gasteiger partial charge in [-0.2, -0.15) is 0 Å². The van der Waals surface area contributed by atoms with Crippen LogP contribution in [0.25, 0.3) is 0 Å². The fourth-order valence-corrected chi connectivity index (χ4v) is 3.47. The first-order valence-corrected chi connectivity index (χ1v) is 9.94. The largest absolute Gasteiger partial charge is 0.494 e. The van der Waals surface area contributed by atoms with Gasteiger partial charge < -0.3 is 15.0 Å². The maximum absolute atomic E-state index is 12.8. The van der Waals surface area contributed by atoms with Crippen molar-refractivity contribution in [3.8, 4) is 5.75 Å². The van der Waals surface area contributed by atoms with Crippen molar-refractivity contribution in [3.05, 3.63) is 59.9 Å². The fourth-order valence-electron chi connectivity index (χ4n) is 3.47. The first-order chi connectivity index (χ1) is 14.1. The van der Waals surface area contributed by atoms with E-state index in [1.807, 2.05) is 49.4 Å². The molecule has 1 aromatic carbocycles. The number of nitrogens with one attached hydrogen (secondary N) is 1. The molecule has 0 unspecified atom stereocenters. The lowest BCUT2D eigenvalue weighted by atomic mass is 10.1. The van der Waals surface area contributed by atoms with Crippen LogP contribution < -0.4 is 10.1 Å². The van der Waals surface area contributed by atoms with Crippen molar-refractivity contribution < 1.29 is 14.3 Å². The topological polar surface area (TPSA) is 74.8 Å². The number of para-hydroxylation sites is 1. The van der Waals surface area contributed by atoms with E-state index in [2.05, 4.69) is 15.2 Å². The van der Waals surface area contributed by atoms with Crippen LogP contribution in [-0.2, 0) is 22.7 Å². The molecule has 0 bridgehead atoms. The van der Waals surface area contributed by atoms with Crippen LogP contribution in [0.1, 0.15) is 24.6 Å². The van der Waals surface area contributed by atoms with Gasteiger partial charge in [0.25, 0.3) is 0 Å². The molecule has 2 amide bonds. The molecule has 1 aromatic heterocycles. The van der Waals surface area contributed by atoms with E-state index in [0.29, 0.717) is 32.8 Å². The van der Waals surface area contributed by atoms with Crippen LogP contribution in [0.15, 0.2) is 48.7 Å². The Kier molecular flexibility index (Phi) is 7.19. The number of ether oxygens (including phenoxy) is 1. The van der Waals surface area contributed by atoms with Gasteiger partial charge in [0.2, 0.25) is 11.8 Å². The minimum atomic E-state index is -0.503. The van der Waals surface area contributed by atoms with Crippen molar-refractivity contribution in [3.63, 3.8) is 0 Å². The zero-order chi connectivity index (χ0) is 20.6. The van der Waals surface area contributed by atoms with Crippen molar-refractivity contribution in [2.24, 2.45) is 0 Å². The van der Waals surface area contributed by atoms with Crippen LogP contribution >= 0.6 is 0 Å². The third-order valence-corrected chi connectivity index (χ3v) is 5.01. The Labute approximate surface area is 171 Å². The molecule has 154 valence electrons. The van der Waals surface area contributed by atoms with Gasteiger partial charge in [0.1, 0.15) is 5.75 Å². The molecule has 0 radical (unpaired) electrons. The molecule has 29 heavy (non-hydrogen) atoms. The quantitative estimate of drug-likeness (QED) is 0.737. The van der Waals surface area contributed by atoms with Crippen molar-refractivity contribution in [1.29, 1.82) is 0 Å². The Morgan fingerprint density at radius 3 is 2.83 bits per heavy atom. The lowest BCUT2D eigenvalue weighted by Gasteiger charge is -2.35. The van der Waals surface area contributed by atoms with E-state index in [-0.39, 0.29) is 18.2 Å². The number of carbonyl (C=O) groups is 2. The second kappa shape index (κ2) is 10.0. The maximum atomic E-state index is 12.8. The second-order valence-corrected chi connectivity index (χ2v) is 7.09. The van der Waals surface area contributed by atoms with E-state index in [0.717, 1.165) is 17.0 Å². The highest BCUT2D eigenvalue weighted by Gasteiger charge is 2.32. The Hall–Kier alpha value is -2.93. The Bertz CT molecular complexity index is 828. The number of aromatic nitrogens is 1. The minimum Gasteiger partial charge on any atom is -0.494 e. The van der Waals surface area contributed by atoms with Crippen LogP contribution in [0.5, 0.6) is 5.75 Å². The van der Waals surface area contributed by atoms with Crippen molar-refractivity contribution in [2.45, 2.75) is 32.5 Å². The van der Waals surface area contributed by atoms with Crippen molar-refractivity contribution in [2.75, 3.05) is 26.7 Å². The number of hydrogen-bond acceptors (Lipinski definition) is 5. The highest BCUT2D eigenvalue weighted by atomic mass is 16.5. The molecular weight excluding hydrogens is 368 g/mol. The number of amides is 2. The third kappa shape index (κ3) is 5.54. The Morgan fingerprint density at radius 2 is 2.07 bits per heavy atom. The second-order valence-electron chi connectivity index (χ2n) is 7.09. The summed E-state index contributed by atoms with van der Waals surface area (Å²) in [4.78, 5) is 33.3. The molecule has 1 aliphatic heterocycles. The molecule has 2 aromatic rings. The predicted molar refractivity (Wildman–Crippen MR) is 110 cm³/mol. The summed E-state index contributed by atoms with van der Waals surface area (Å²) < 4.78 is 5.72. The van der Waals surface area contributed by atoms with Gasteiger partial charge in [-0.3, -0.25) is 19.5 Å². The molecule has 1 fully saturated rings. The molecule has 3 rings (SSSR count). The maximum Gasteiger partial charge on any atom is 0.237 e. The summed E-state index contributed by atoms with van der Waals surface area (Å²) >= 11 is 0. The average molecular weight is 396 g/mol. The van der Waals surface area contributed by atoms with Gasteiger partial charge in [0.05, 0.1) is 31.3 Å². The number of rotatable bonds is 8. The van der Waals surface area contributed by atoms with E-state index >= 15 is 0 Å². The van der Waals surface area contributed by atoms with Crippen LogP contribution in [0.3, 0.4) is 0 Å². The molecule has 1 N–H and O–H groups in total. The molecule has 7 heteroatoms. The van der Waals surface area contributed by atoms with Crippen LogP contribution in [-0.4, -0.2) is 59.4 Å². The predicted octanol–water partition coefficient (Wildman–Crippen LogP) is 1.83. The summed E-state index contributed by atoms with van der Waals surface area (Å²) in [6.45, 7) is 4.77. The highest BCUT2D eigenvalue weighted by Crippen LogP contribution is 2.22. The SMILES string of the molecule is CCOc1ccccc1CN1CCNC(=O)[C@@H]1CC(=O)N(C)Cc1ccccn1. The van der Waals surface area contributed by atoms with Gasteiger partial charge in [-0.15, -0.1) is 0 Å². The molecule has 0 saturated carbocycles. The first-order valence-electron chi connectivity index (χ1n) is 9.94. The minimum absolute atomic E-state index is 0.0826. The smallest absolute Gasteiger partial charge is 0.237 e. The summed E-state index contributed by atoms with van der Waals surface area (Å²) in [5.41, 5.74) is 1.84. The summed E-state index contributed by atoms with van der Waals surface area (Å²) in [5, 5.41) is 2.89. The third-order valence-electron chi connectivity index (χ3n) is 5.01. The molecule has 1 atom stereocenters. The van der Waals surface area contributed by atoms with E-state index in [1.54, 1.807) is 18.1 Å². The zero-order valence-electron chi connectivity index (χ0n) is 17.0. The number of pyridine rings is 1. The molecule has 7 nitrogen and oxygen atoms in total. The highest BCUT2D eigenvalue weighted by molar-refractivity contribution is 5.88. The van der Waals surface area contributed by atoms with E-state index in [1.165, 1.54) is 0 Å². The fraction of sp³-hybridized carbons (Fsp3) is 0.409. The summed E-state index contributed by atoms with van der Waals surface area (Å²) in [5.74, 6) is 0.629. The lowest BCUT2D eigenvalue weighted by Crippen LogP contribution is -2.56. The Morgan fingerprint density at radius 1 is 1.28 bits per heavy atom. The molecule has 1 aliphatic rings. The van der Waals surface area contributed by atoms with Crippen LogP contribution in [0.2, 0.25) is 0 Å². The van der Waals surface area contributed by atoms with E-state index < -0.39 is 6.04 Å². The van der Waals surface area contributed by atoms with Gasteiger partial charge in [-0.1, -0.05) is 24.3 Å². The van der Waals surface area contributed by atoms with Gasteiger partial charge in [-0.05, 0) is 25.1 Å². The molecule has 1 saturated heterocycles. The van der Waals surface area contributed by atoms with E-state index in [9.17, 15) is 9.59 Å². The number of hydrogen-bond donors (Lipinski definition) is 1. The van der Waals surface area contributed by atoms with Gasteiger partial charge in [0.15, 0.2) is 0 Å². The molecule has 2 heterocycles. The van der Waals surface area contributed by atoms with Crippen molar-refractivity contribution >= 4 is 11.8 Å². The van der Waals surface area contributed by atoms with E-state index in [4.69, 9.17) is 4.74 Å². The first kappa shape index (κ1) is 20.8. The molecular formula is C22H28N4O3. The van der Waals surface area contributed by atoms with Crippen LogP contribution in [0.4, 0.5) is 0 Å². The lowest BCUT2D eigenvalue weighted by molar-refractivity contribution is -0.138. The summed E-state index contributed by atoms with van der Waals surface area (Å²) in [6, 6.07) is 13.0. The van der Waals surface area contributed by atoms with Crippen molar-refractivity contribution in [1.82, 2.24) is 20.1 Å². The van der Waals surface area contributed by atoms with Crippen LogP contribution in [0, 0.1) is 0 Å². The van der Waals surface area contributed by atoms with Gasteiger partial charge in [0, 0.05) is 38.4 Å². The molecule has 0 spiro atoms. The zero-order valence-corrected chi connectivity index (χ0v) is 17.0. The summed E-state index contributed by atoms with van der Waals surface area (Å²) in [6.07, 6.45) is 1.84. The number of piperazine rings is 1. The number of nitrogens with zero attached hydrogens (tertiary/aromatic N) is 3. The monoisotopic (exact) mass is 396 g/mol. The number of carbonyl (C=O) groups excluding carboxylic acids is 2. The van der Waals surface area contributed by atoms with Gasteiger partial charge >= 0.3 is 0 Å².